The summed E-state index contributed by atoms with van der Waals surface area (Å²) in [5.74, 6) is 3.55. The lowest BCUT2D eigenvalue weighted by atomic mass is 9.99. The lowest BCUT2D eigenvalue weighted by Gasteiger charge is -2.34. The van der Waals surface area contributed by atoms with Crippen LogP contribution in [0, 0.1) is 0 Å². The Morgan fingerprint density at radius 2 is 2.12 bits per heavy atom. The van der Waals surface area contributed by atoms with Crippen molar-refractivity contribution in [2.45, 2.75) is 31.8 Å². The largest absolute Gasteiger partial charge is 0.487 e. The van der Waals surface area contributed by atoms with Gasteiger partial charge in [0, 0.05) is 17.8 Å². The van der Waals surface area contributed by atoms with Gasteiger partial charge in [-0.1, -0.05) is 6.07 Å². The highest BCUT2D eigenvalue weighted by Gasteiger charge is 2.30. The third-order valence-corrected chi connectivity index (χ3v) is 4.72. The van der Waals surface area contributed by atoms with Crippen molar-refractivity contribution in [3.63, 3.8) is 0 Å². The maximum atomic E-state index is 6.33. The van der Waals surface area contributed by atoms with Crippen LogP contribution in [-0.2, 0) is 6.42 Å². The van der Waals surface area contributed by atoms with Crippen molar-refractivity contribution < 1.29 is 4.74 Å². The molecule has 3 rings (SSSR count). The number of thioether (sulfide) groups is 1. The molecule has 92 valence electrons. The Balaban J connectivity index is 1.83. The first-order valence-electron chi connectivity index (χ1n) is 6.39. The average molecular weight is 249 g/mol. The maximum Gasteiger partial charge on any atom is 0.125 e. The fourth-order valence-corrected chi connectivity index (χ4v) is 3.93. The van der Waals surface area contributed by atoms with E-state index in [2.05, 4.69) is 30.4 Å². The second-order valence-corrected chi connectivity index (χ2v) is 6.35. The van der Waals surface area contributed by atoms with Gasteiger partial charge >= 0.3 is 0 Å². The van der Waals surface area contributed by atoms with Crippen LogP contribution in [0.25, 0.3) is 0 Å². The van der Waals surface area contributed by atoms with Crippen LogP contribution in [0.1, 0.15) is 25.3 Å². The Hall–Kier alpha value is -0.830. The summed E-state index contributed by atoms with van der Waals surface area (Å²) in [6, 6.07) is 6.36. The van der Waals surface area contributed by atoms with E-state index < -0.39 is 0 Å². The van der Waals surface area contributed by atoms with Crippen LogP contribution in [-0.4, -0.2) is 23.7 Å². The predicted molar refractivity (Wildman–Crippen MR) is 74.2 cm³/mol. The molecule has 1 fully saturated rings. The fraction of sp³-hybridized carbons (Fsp3) is 0.571. The molecule has 3 heteroatoms. The van der Waals surface area contributed by atoms with Crippen LogP contribution in [0.4, 0.5) is 5.69 Å². The Labute approximate surface area is 107 Å². The zero-order valence-electron chi connectivity index (χ0n) is 10.3. The van der Waals surface area contributed by atoms with Crippen molar-refractivity contribution in [3.05, 3.63) is 23.8 Å². The molecule has 2 aliphatic heterocycles. The fourth-order valence-electron chi connectivity index (χ4n) is 2.58. The molecule has 2 nitrogen and oxygen atoms in total. The lowest BCUT2D eigenvalue weighted by Crippen LogP contribution is -2.36. The Bertz CT molecular complexity index is 413. The summed E-state index contributed by atoms with van der Waals surface area (Å²) in [5, 5.41) is 3.41. The van der Waals surface area contributed by atoms with Crippen molar-refractivity contribution in [2.24, 2.45) is 0 Å². The Morgan fingerprint density at radius 3 is 2.94 bits per heavy atom. The maximum absolute atomic E-state index is 6.33. The van der Waals surface area contributed by atoms with Gasteiger partial charge in [0.2, 0.25) is 0 Å². The molecule has 0 saturated carbocycles. The van der Waals surface area contributed by atoms with E-state index in [9.17, 15) is 0 Å². The van der Waals surface area contributed by atoms with E-state index in [1.165, 1.54) is 22.8 Å². The van der Waals surface area contributed by atoms with Crippen molar-refractivity contribution in [2.75, 3.05) is 23.4 Å². The summed E-state index contributed by atoms with van der Waals surface area (Å²) in [6.07, 6.45) is 3.42. The molecule has 0 unspecified atom stereocenters. The molecule has 1 aromatic rings. The minimum Gasteiger partial charge on any atom is -0.487 e. The monoisotopic (exact) mass is 249 g/mol. The van der Waals surface area contributed by atoms with E-state index in [-0.39, 0.29) is 5.60 Å². The summed E-state index contributed by atoms with van der Waals surface area (Å²) in [5.41, 5.74) is 2.67. The number of rotatable bonds is 2. The highest BCUT2D eigenvalue weighted by molar-refractivity contribution is 7.99. The van der Waals surface area contributed by atoms with Gasteiger partial charge in [-0.25, -0.2) is 0 Å². The Morgan fingerprint density at radius 1 is 1.29 bits per heavy atom. The van der Waals surface area contributed by atoms with Crippen molar-refractivity contribution >= 4 is 17.4 Å². The molecule has 0 atom stereocenters. The molecule has 1 N–H and O–H groups in total. The minimum atomic E-state index is 0.0446. The molecular weight excluding hydrogens is 230 g/mol. The molecule has 0 aromatic heterocycles. The number of fused-ring (bicyclic) bond motifs is 1. The number of anilines is 1. The van der Waals surface area contributed by atoms with Crippen LogP contribution in [0.2, 0.25) is 0 Å². The third-order valence-electron chi connectivity index (χ3n) is 3.73. The molecule has 2 heterocycles. The number of benzene rings is 1. The number of ether oxygens (including phenoxy) is 1. The molecule has 1 saturated heterocycles. The zero-order valence-corrected chi connectivity index (χ0v) is 11.1. The van der Waals surface area contributed by atoms with E-state index in [1.807, 2.05) is 11.8 Å². The van der Waals surface area contributed by atoms with Gasteiger partial charge in [0.15, 0.2) is 0 Å². The van der Waals surface area contributed by atoms with E-state index in [0.717, 1.165) is 31.6 Å². The van der Waals surface area contributed by atoms with Gasteiger partial charge in [0.05, 0.1) is 0 Å². The first-order chi connectivity index (χ1) is 8.27. The lowest BCUT2D eigenvalue weighted by molar-refractivity contribution is 0.0790. The van der Waals surface area contributed by atoms with Gasteiger partial charge in [0.25, 0.3) is 0 Å². The van der Waals surface area contributed by atoms with Crippen LogP contribution in [0.5, 0.6) is 5.75 Å². The summed E-state index contributed by atoms with van der Waals surface area (Å²) in [7, 11) is 0. The highest BCUT2D eigenvalue weighted by atomic mass is 32.2. The van der Waals surface area contributed by atoms with Crippen LogP contribution >= 0.6 is 11.8 Å². The molecule has 0 amide bonds. The summed E-state index contributed by atoms with van der Waals surface area (Å²) >= 11 is 2.04. The van der Waals surface area contributed by atoms with Crippen LogP contribution in [0.15, 0.2) is 18.2 Å². The number of hydrogen-bond donors (Lipinski definition) is 1. The summed E-state index contributed by atoms with van der Waals surface area (Å²) in [4.78, 5) is 0. The standard InChI is InChI=1S/C14H19NOS/c1-14(6-9-17-10-7-14)16-13-4-2-3-12-11(13)5-8-15-12/h2-4,15H,5-10H2,1H3. The third kappa shape index (κ3) is 2.25. The van der Waals surface area contributed by atoms with Gasteiger partial charge in [0.1, 0.15) is 11.4 Å². The topological polar surface area (TPSA) is 21.3 Å². The minimum absolute atomic E-state index is 0.0446. The molecule has 17 heavy (non-hydrogen) atoms. The molecule has 0 bridgehead atoms. The molecule has 1 aromatic carbocycles. The highest BCUT2D eigenvalue weighted by Crippen LogP contribution is 2.37. The van der Waals surface area contributed by atoms with Crippen molar-refractivity contribution in [3.8, 4) is 5.75 Å². The van der Waals surface area contributed by atoms with Gasteiger partial charge in [-0.3, -0.25) is 0 Å². The quantitative estimate of drug-likeness (QED) is 0.869. The smallest absolute Gasteiger partial charge is 0.125 e. The first-order valence-corrected chi connectivity index (χ1v) is 7.55. The van der Waals surface area contributed by atoms with Gasteiger partial charge < -0.3 is 10.1 Å². The van der Waals surface area contributed by atoms with E-state index in [4.69, 9.17) is 4.74 Å². The first kappa shape index (κ1) is 11.3. The van der Waals surface area contributed by atoms with Gasteiger partial charge in [-0.15, -0.1) is 0 Å². The van der Waals surface area contributed by atoms with Crippen LogP contribution < -0.4 is 10.1 Å². The molecule has 0 spiro atoms. The second kappa shape index (κ2) is 4.45. The van der Waals surface area contributed by atoms with E-state index >= 15 is 0 Å². The summed E-state index contributed by atoms with van der Waals surface area (Å²) < 4.78 is 6.33. The molecule has 0 radical (unpaired) electrons. The van der Waals surface area contributed by atoms with Crippen molar-refractivity contribution in [1.82, 2.24) is 0 Å². The summed E-state index contributed by atoms with van der Waals surface area (Å²) in [6.45, 7) is 3.30. The average Bonchev–Trinajstić information content (AvgIpc) is 2.79. The van der Waals surface area contributed by atoms with Crippen LogP contribution in [0.3, 0.4) is 0 Å². The van der Waals surface area contributed by atoms with Crippen molar-refractivity contribution in [1.29, 1.82) is 0 Å². The Kier molecular flexibility index (Phi) is 2.95. The molecular formula is C14H19NOS. The van der Waals surface area contributed by atoms with Gasteiger partial charge in [-0.2, -0.15) is 11.8 Å². The number of hydrogen-bond acceptors (Lipinski definition) is 3. The molecule has 2 aliphatic rings. The zero-order chi connectivity index (χ0) is 11.7. The second-order valence-electron chi connectivity index (χ2n) is 5.12. The van der Waals surface area contributed by atoms with Gasteiger partial charge in [-0.05, 0) is 49.8 Å². The normalized spacial score (nSPS) is 21.7. The molecule has 0 aliphatic carbocycles. The predicted octanol–water partition coefficient (Wildman–Crippen LogP) is 3.32. The van der Waals surface area contributed by atoms with E-state index in [1.54, 1.807) is 0 Å². The number of nitrogens with one attached hydrogen (secondary N) is 1. The SMILES string of the molecule is CC1(Oc2cccc3c2CCN3)CCSCC1. The van der Waals surface area contributed by atoms with E-state index in [0.29, 0.717) is 0 Å².